The van der Waals surface area contributed by atoms with Crippen molar-refractivity contribution in [2.45, 2.75) is 120 Å². The molecule has 0 saturated heterocycles. The van der Waals surface area contributed by atoms with Crippen LogP contribution in [0.4, 0.5) is 34.1 Å². The minimum absolute atomic E-state index is 0.201. The molecule has 0 radical (unpaired) electrons. The number of hydrogen-bond donors (Lipinski definition) is 0. The van der Waals surface area contributed by atoms with E-state index in [1.165, 1.54) is 153 Å². The predicted octanol–water partition coefficient (Wildman–Crippen LogP) is 12.3. The fourth-order valence-corrected chi connectivity index (χ4v) is 13.9. The van der Waals surface area contributed by atoms with E-state index in [4.69, 9.17) is 0 Å². The molecule has 0 aromatic heterocycles. The average Bonchev–Trinajstić information content (AvgIpc) is 3.24. The Morgan fingerprint density at radius 1 is 0.455 bits per heavy atom. The average molecular weight is 719 g/mol. The summed E-state index contributed by atoms with van der Waals surface area (Å²) in [5, 5.41) is 0. The summed E-state index contributed by atoms with van der Waals surface area (Å²) in [4.78, 5) is 5.39. The zero-order valence-electron chi connectivity index (χ0n) is 32.6. The number of nitrogens with zero attached hydrogens (tertiary/aromatic N) is 2. The first-order chi connectivity index (χ1) is 27.2. The molecular weight excluding hydrogens is 663 g/mol. The van der Waals surface area contributed by atoms with Gasteiger partial charge in [-0.2, -0.15) is 0 Å². The second kappa shape index (κ2) is 12.9. The van der Waals surface area contributed by atoms with E-state index in [2.05, 4.69) is 119 Å². The lowest BCUT2D eigenvalue weighted by atomic mass is 9.33. The fourth-order valence-electron chi connectivity index (χ4n) is 13.9. The molecule has 5 aromatic rings. The van der Waals surface area contributed by atoms with E-state index in [9.17, 15) is 0 Å². The normalized spacial score (nSPS) is 26.8. The zero-order chi connectivity index (χ0) is 36.1. The second-order valence-corrected chi connectivity index (χ2v) is 19.2. The lowest BCUT2D eigenvalue weighted by Gasteiger charge is -2.57. The topological polar surface area (TPSA) is 6.48 Å². The molecule has 6 fully saturated rings. The Labute approximate surface area is 329 Å². The van der Waals surface area contributed by atoms with Crippen LogP contribution in [-0.4, -0.2) is 6.71 Å². The maximum Gasteiger partial charge on any atom is 0.252 e. The molecule has 55 heavy (non-hydrogen) atoms. The van der Waals surface area contributed by atoms with E-state index >= 15 is 0 Å². The Morgan fingerprint density at radius 2 is 0.891 bits per heavy atom. The van der Waals surface area contributed by atoms with Gasteiger partial charge in [0, 0.05) is 34.1 Å². The maximum absolute atomic E-state index is 2.74. The Bertz CT molecular complexity index is 2080. The molecular formula is C52H55BN2. The Hall–Kier alpha value is -4.24. The molecule has 2 heterocycles. The van der Waals surface area contributed by atoms with Gasteiger partial charge in [0.05, 0.1) is 0 Å². The first-order valence-electron chi connectivity index (χ1n) is 22.4. The van der Waals surface area contributed by atoms with Gasteiger partial charge in [-0.15, -0.1) is 0 Å². The van der Waals surface area contributed by atoms with Gasteiger partial charge in [-0.1, -0.05) is 99.2 Å². The van der Waals surface area contributed by atoms with Crippen LogP contribution in [0.2, 0.25) is 0 Å². The van der Waals surface area contributed by atoms with Crippen LogP contribution in [0.1, 0.15) is 131 Å². The molecule has 0 amide bonds. The van der Waals surface area contributed by atoms with E-state index in [1.807, 2.05) is 0 Å². The summed E-state index contributed by atoms with van der Waals surface area (Å²) in [6.45, 7) is 0.201. The molecule has 0 spiro atoms. The summed E-state index contributed by atoms with van der Waals surface area (Å²) >= 11 is 0. The van der Waals surface area contributed by atoms with Crippen molar-refractivity contribution >= 4 is 57.2 Å². The number of rotatable bonds is 5. The molecule has 3 heteroatoms. The summed E-state index contributed by atoms with van der Waals surface area (Å²) in [6.07, 6.45) is 22.1. The minimum atomic E-state index is 0.201. The molecule has 6 aliphatic carbocycles. The predicted molar refractivity (Wildman–Crippen MR) is 232 cm³/mol. The molecule has 0 atom stereocenters. The standard InChI is InChI=1S/C52H55BN2/c1-5-13-38(14-6-1)40-21-23-47-45(28-40)53-46-29-41(39-15-7-2-8-16-39)22-24-48(46)55(44-19-11-4-12-20-44)50-31-42(52-32-35-25-36(33-52)27-37(26-35)34-52)30-49(51(50)53)54(47)43-17-9-3-10-18-43/h3-4,9-12,17-24,28-31,35-39H,1-2,5-8,13-16,25-27,32-34H2. The lowest BCUT2D eigenvalue weighted by molar-refractivity contribution is -0.00514. The highest BCUT2D eigenvalue weighted by Gasteiger charge is 2.53. The molecule has 2 aliphatic heterocycles. The zero-order valence-corrected chi connectivity index (χ0v) is 32.6. The van der Waals surface area contributed by atoms with Crippen molar-refractivity contribution < 1.29 is 0 Å². The summed E-state index contributed by atoms with van der Waals surface area (Å²) < 4.78 is 0. The highest BCUT2D eigenvalue weighted by molar-refractivity contribution is 7.00. The third-order valence-electron chi connectivity index (χ3n) is 15.9. The summed E-state index contributed by atoms with van der Waals surface area (Å²) in [7, 11) is 0. The van der Waals surface area contributed by atoms with Gasteiger partial charge in [0.25, 0.3) is 6.71 Å². The summed E-state index contributed by atoms with van der Waals surface area (Å²) in [5.74, 6) is 4.04. The minimum Gasteiger partial charge on any atom is -0.311 e. The van der Waals surface area contributed by atoms with E-state index < -0.39 is 0 Å². The number of para-hydroxylation sites is 2. The van der Waals surface area contributed by atoms with Crippen molar-refractivity contribution in [3.05, 3.63) is 126 Å². The maximum atomic E-state index is 2.74. The van der Waals surface area contributed by atoms with Gasteiger partial charge in [0.1, 0.15) is 0 Å². The van der Waals surface area contributed by atoms with Gasteiger partial charge in [-0.25, -0.2) is 0 Å². The van der Waals surface area contributed by atoms with Crippen LogP contribution in [0.5, 0.6) is 0 Å². The molecule has 4 bridgehead atoms. The van der Waals surface area contributed by atoms with Gasteiger partial charge >= 0.3 is 0 Å². The number of benzene rings is 5. The van der Waals surface area contributed by atoms with Crippen molar-refractivity contribution in [2.24, 2.45) is 17.8 Å². The van der Waals surface area contributed by atoms with Crippen LogP contribution >= 0.6 is 0 Å². The van der Waals surface area contributed by atoms with Crippen molar-refractivity contribution in [3.63, 3.8) is 0 Å². The Balaban J connectivity index is 1.15. The highest BCUT2D eigenvalue weighted by atomic mass is 15.2. The molecule has 276 valence electrons. The molecule has 13 rings (SSSR count). The first-order valence-corrected chi connectivity index (χ1v) is 22.4. The summed E-state index contributed by atoms with van der Waals surface area (Å²) in [6, 6.07) is 43.8. The van der Waals surface area contributed by atoms with Gasteiger partial charge in [-0.05, 0) is 181 Å². The lowest BCUT2D eigenvalue weighted by Crippen LogP contribution is -2.62. The molecule has 2 nitrogen and oxygen atoms in total. The molecule has 8 aliphatic rings. The fraction of sp³-hybridized carbons (Fsp3) is 0.423. The quantitative estimate of drug-likeness (QED) is 0.164. The van der Waals surface area contributed by atoms with Crippen LogP contribution in [0.15, 0.2) is 109 Å². The van der Waals surface area contributed by atoms with Gasteiger partial charge in [-0.3, -0.25) is 0 Å². The number of hydrogen-bond acceptors (Lipinski definition) is 2. The first kappa shape index (κ1) is 33.0. The summed E-state index contributed by atoms with van der Waals surface area (Å²) in [5.41, 5.74) is 17.8. The van der Waals surface area contributed by atoms with E-state index in [-0.39, 0.29) is 12.1 Å². The van der Waals surface area contributed by atoms with Crippen molar-refractivity contribution in [3.8, 4) is 0 Å². The van der Waals surface area contributed by atoms with Gasteiger partial charge < -0.3 is 9.80 Å². The van der Waals surface area contributed by atoms with Crippen molar-refractivity contribution in [1.29, 1.82) is 0 Å². The van der Waals surface area contributed by atoms with Crippen LogP contribution in [0.3, 0.4) is 0 Å². The molecule has 6 saturated carbocycles. The molecule has 0 N–H and O–H groups in total. The molecule has 0 unspecified atom stereocenters. The largest absolute Gasteiger partial charge is 0.311 e. The van der Waals surface area contributed by atoms with E-state index in [0.29, 0.717) is 11.8 Å². The molecule has 5 aromatic carbocycles. The third kappa shape index (κ3) is 5.27. The van der Waals surface area contributed by atoms with Gasteiger partial charge in [0.2, 0.25) is 0 Å². The SMILES string of the molecule is c1ccc(N2c3ccc(C4CCCCC4)cc3B3c4cc(C5CCCCC5)ccc4N(c4ccccc4)c4cc(C56CC7CC(CC(C7)C5)C6)cc2c43)cc1. The van der Waals surface area contributed by atoms with Crippen molar-refractivity contribution in [2.75, 3.05) is 9.80 Å². The monoisotopic (exact) mass is 718 g/mol. The van der Waals surface area contributed by atoms with Crippen LogP contribution < -0.4 is 26.2 Å². The Morgan fingerprint density at radius 3 is 1.33 bits per heavy atom. The smallest absolute Gasteiger partial charge is 0.252 e. The second-order valence-electron chi connectivity index (χ2n) is 19.2. The van der Waals surface area contributed by atoms with E-state index in [0.717, 1.165) is 17.8 Å². The number of fused-ring (bicyclic) bond motifs is 4. The van der Waals surface area contributed by atoms with Gasteiger partial charge in [0.15, 0.2) is 0 Å². The van der Waals surface area contributed by atoms with Crippen LogP contribution in [0, 0.1) is 17.8 Å². The third-order valence-corrected chi connectivity index (χ3v) is 15.9. The number of anilines is 6. The van der Waals surface area contributed by atoms with Crippen LogP contribution in [-0.2, 0) is 5.41 Å². The highest BCUT2D eigenvalue weighted by Crippen LogP contribution is 2.62. The van der Waals surface area contributed by atoms with Crippen molar-refractivity contribution in [1.82, 2.24) is 0 Å². The van der Waals surface area contributed by atoms with Crippen LogP contribution in [0.25, 0.3) is 0 Å². The van der Waals surface area contributed by atoms with E-state index in [1.54, 1.807) is 16.7 Å². The Kier molecular flexibility index (Phi) is 7.73.